The summed E-state index contributed by atoms with van der Waals surface area (Å²) >= 11 is 3.40. The maximum Gasteiger partial charge on any atom is 0.197 e. The predicted molar refractivity (Wildman–Crippen MR) is 125 cm³/mol. The van der Waals surface area contributed by atoms with Crippen molar-refractivity contribution >= 4 is 39.0 Å². The molecule has 0 unspecified atom stereocenters. The van der Waals surface area contributed by atoms with Gasteiger partial charge in [0.25, 0.3) is 0 Å². The van der Waals surface area contributed by atoms with Crippen molar-refractivity contribution in [1.29, 1.82) is 0 Å². The summed E-state index contributed by atoms with van der Waals surface area (Å²) in [4.78, 5) is 7.19. The number of aryl methyl sites for hydroxylation is 1. The van der Waals surface area contributed by atoms with E-state index in [0.717, 1.165) is 44.8 Å². The smallest absolute Gasteiger partial charge is 0.197 e. The fraction of sp³-hybridized carbons (Fsp3) is 0.435. The summed E-state index contributed by atoms with van der Waals surface area (Å²) < 4.78 is 13.8. The summed E-state index contributed by atoms with van der Waals surface area (Å²) in [6.45, 7) is 11.0. The fourth-order valence-corrected chi connectivity index (χ4v) is 6.02. The van der Waals surface area contributed by atoms with Gasteiger partial charge in [0.2, 0.25) is 0 Å². The Labute approximate surface area is 190 Å². The highest BCUT2D eigenvalue weighted by Crippen LogP contribution is 2.40. The van der Waals surface area contributed by atoms with Crippen molar-refractivity contribution in [2.75, 3.05) is 0 Å². The first kappa shape index (κ1) is 20.7. The summed E-state index contributed by atoms with van der Waals surface area (Å²) in [5, 5.41) is 11.1. The van der Waals surface area contributed by atoms with Gasteiger partial charge in [0.05, 0.1) is 23.7 Å². The molecule has 1 aliphatic rings. The van der Waals surface area contributed by atoms with Crippen LogP contribution in [0, 0.1) is 6.92 Å². The van der Waals surface area contributed by atoms with Crippen LogP contribution in [-0.2, 0) is 23.5 Å². The lowest BCUT2D eigenvalue weighted by atomic mass is 9.94. The average Bonchev–Trinajstić information content (AvgIpc) is 3.27. The zero-order chi connectivity index (χ0) is 21.8. The Kier molecular flexibility index (Phi) is 5.19. The molecule has 0 amide bonds. The second-order valence-electron chi connectivity index (χ2n) is 8.81. The molecular weight excluding hydrogens is 428 g/mol. The molecule has 3 aromatic heterocycles. The van der Waals surface area contributed by atoms with Crippen LogP contribution in [-0.4, -0.2) is 31.3 Å². The lowest BCUT2D eigenvalue weighted by molar-refractivity contribution is -0.0379. The minimum atomic E-state index is -0.175. The largest absolute Gasteiger partial charge is 0.491 e. The van der Waals surface area contributed by atoms with Crippen molar-refractivity contribution in [3.05, 3.63) is 46.1 Å². The molecule has 0 radical (unpaired) electrons. The molecule has 6 nitrogen and oxygen atoms in total. The zero-order valence-corrected chi connectivity index (χ0v) is 20.1. The van der Waals surface area contributed by atoms with Crippen LogP contribution in [0.25, 0.3) is 15.9 Å². The Balaban J connectivity index is 1.47. The minimum Gasteiger partial charge on any atom is -0.491 e. The summed E-state index contributed by atoms with van der Waals surface area (Å²) in [5.74, 6) is 2.62. The minimum absolute atomic E-state index is 0.175. The summed E-state index contributed by atoms with van der Waals surface area (Å²) in [6, 6.07) is 8.26. The Morgan fingerprint density at radius 1 is 1.23 bits per heavy atom. The molecule has 4 aromatic rings. The van der Waals surface area contributed by atoms with Gasteiger partial charge in [-0.3, -0.25) is 4.40 Å². The quantitative estimate of drug-likeness (QED) is 0.367. The van der Waals surface area contributed by atoms with Gasteiger partial charge in [-0.05, 0) is 57.9 Å². The van der Waals surface area contributed by atoms with Gasteiger partial charge in [-0.15, -0.1) is 21.5 Å². The second-order valence-corrected chi connectivity index (χ2v) is 10.8. The average molecular weight is 455 g/mol. The summed E-state index contributed by atoms with van der Waals surface area (Å²) in [5.41, 5.74) is 3.27. The molecular formula is C23H26N4O2S2. The van der Waals surface area contributed by atoms with Gasteiger partial charge in [0, 0.05) is 17.1 Å². The number of thiophene rings is 1. The lowest BCUT2D eigenvalue weighted by Gasteiger charge is -2.30. The number of rotatable bonds is 5. The van der Waals surface area contributed by atoms with Crippen LogP contribution < -0.4 is 4.74 Å². The maximum absolute atomic E-state index is 6.01. The number of fused-ring (bicyclic) bond motifs is 5. The van der Waals surface area contributed by atoms with E-state index in [2.05, 4.69) is 40.6 Å². The molecule has 4 heterocycles. The highest BCUT2D eigenvalue weighted by atomic mass is 32.2. The predicted octanol–water partition coefficient (Wildman–Crippen LogP) is 5.58. The molecule has 0 saturated carbocycles. The topological polar surface area (TPSA) is 61.5 Å². The van der Waals surface area contributed by atoms with Crippen LogP contribution in [0.2, 0.25) is 0 Å². The van der Waals surface area contributed by atoms with Crippen LogP contribution in [0.15, 0.2) is 29.4 Å². The van der Waals surface area contributed by atoms with E-state index in [4.69, 9.17) is 14.5 Å². The lowest BCUT2D eigenvalue weighted by Crippen LogP contribution is -2.31. The molecule has 0 N–H and O–H groups in total. The van der Waals surface area contributed by atoms with Gasteiger partial charge < -0.3 is 9.47 Å². The van der Waals surface area contributed by atoms with Crippen molar-refractivity contribution in [3.63, 3.8) is 0 Å². The first-order valence-electron chi connectivity index (χ1n) is 10.5. The van der Waals surface area contributed by atoms with Crippen molar-refractivity contribution in [1.82, 2.24) is 19.6 Å². The Morgan fingerprint density at radius 3 is 2.74 bits per heavy atom. The van der Waals surface area contributed by atoms with Crippen molar-refractivity contribution in [3.8, 4) is 5.75 Å². The number of benzene rings is 1. The van der Waals surface area contributed by atoms with Crippen molar-refractivity contribution in [2.24, 2.45) is 0 Å². The van der Waals surface area contributed by atoms with E-state index in [9.17, 15) is 0 Å². The number of aromatic nitrogens is 4. The SMILES string of the molecule is Cc1nc2sc3c(c2c2nnc(SCc4ccc(OC(C)C)cc4)n12)CC(C)(C)OC3. The molecule has 31 heavy (non-hydrogen) atoms. The highest BCUT2D eigenvalue weighted by molar-refractivity contribution is 7.98. The Bertz CT molecular complexity index is 1260. The molecule has 1 aliphatic heterocycles. The van der Waals surface area contributed by atoms with Gasteiger partial charge >= 0.3 is 0 Å². The van der Waals surface area contributed by atoms with Gasteiger partial charge in [0.1, 0.15) is 16.4 Å². The van der Waals surface area contributed by atoms with E-state index in [0.29, 0.717) is 6.61 Å². The van der Waals surface area contributed by atoms with Crippen LogP contribution in [0.3, 0.4) is 0 Å². The third-order valence-corrected chi connectivity index (χ3v) is 7.48. The first-order chi connectivity index (χ1) is 14.8. The van der Waals surface area contributed by atoms with Crippen LogP contribution in [0.5, 0.6) is 5.75 Å². The second kappa shape index (κ2) is 7.76. The highest BCUT2D eigenvalue weighted by Gasteiger charge is 2.31. The molecule has 8 heteroatoms. The molecule has 0 aliphatic carbocycles. The van der Waals surface area contributed by atoms with Crippen LogP contribution in [0.1, 0.15) is 49.5 Å². The molecule has 5 rings (SSSR count). The van der Waals surface area contributed by atoms with Crippen LogP contribution in [0.4, 0.5) is 0 Å². The molecule has 0 spiro atoms. The normalized spacial score (nSPS) is 15.7. The fourth-order valence-electron chi connectivity index (χ4n) is 3.95. The van der Waals surface area contributed by atoms with Gasteiger partial charge in [-0.25, -0.2) is 4.98 Å². The van der Waals surface area contributed by atoms with Crippen LogP contribution >= 0.6 is 23.1 Å². The first-order valence-corrected chi connectivity index (χ1v) is 12.3. The molecule has 0 saturated heterocycles. The monoisotopic (exact) mass is 454 g/mol. The molecule has 0 bridgehead atoms. The molecule has 1 aromatic carbocycles. The van der Waals surface area contributed by atoms with Crippen molar-refractivity contribution < 1.29 is 9.47 Å². The van der Waals surface area contributed by atoms with E-state index in [1.54, 1.807) is 23.1 Å². The molecule has 0 atom stereocenters. The van der Waals surface area contributed by atoms with E-state index in [1.807, 2.05) is 32.9 Å². The van der Waals surface area contributed by atoms with E-state index in [-0.39, 0.29) is 11.7 Å². The molecule has 162 valence electrons. The standard InChI is InChI=1S/C23H26N4O2S2/c1-13(2)29-16-8-6-15(7-9-16)12-30-22-26-25-20-19-17-10-23(4,5)28-11-18(17)31-21(19)24-14(3)27(20)22/h6-9,13H,10-12H2,1-5H3. The van der Waals surface area contributed by atoms with Crippen molar-refractivity contribution in [2.45, 2.75) is 70.3 Å². The number of thioether (sulfide) groups is 1. The Morgan fingerprint density at radius 2 is 2.00 bits per heavy atom. The summed E-state index contributed by atoms with van der Waals surface area (Å²) in [6.07, 6.45) is 1.04. The van der Waals surface area contributed by atoms with E-state index >= 15 is 0 Å². The zero-order valence-electron chi connectivity index (χ0n) is 18.4. The maximum atomic E-state index is 6.01. The number of hydrogen-bond acceptors (Lipinski definition) is 7. The Hall–Kier alpha value is -2.16. The number of ether oxygens (including phenoxy) is 2. The number of hydrogen-bond donors (Lipinski definition) is 0. The number of nitrogens with zero attached hydrogens (tertiary/aromatic N) is 4. The van der Waals surface area contributed by atoms with E-state index in [1.165, 1.54) is 16.0 Å². The van der Waals surface area contributed by atoms with E-state index < -0.39 is 0 Å². The summed E-state index contributed by atoms with van der Waals surface area (Å²) in [7, 11) is 0. The van der Waals surface area contributed by atoms with Gasteiger partial charge in [-0.2, -0.15) is 0 Å². The third-order valence-electron chi connectivity index (χ3n) is 5.38. The third kappa shape index (κ3) is 3.92. The van der Waals surface area contributed by atoms with Gasteiger partial charge in [-0.1, -0.05) is 23.9 Å². The molecule has 0 fully saturated rings. The van der Waals surface area contributed by atoms with Gasteiger partial charge in [0.15, 0.2) is 10.8 Å².